The van der Waals surface area contributed by atoms with Gasteiger partial charge in [-0.25, -0.2) is 0 Å². The van der Waals surface area contributed by atoms with Crippen molar-refractivity contribution in [3.8, 4) is 0 Å². The minimum atomic E-state index is -0.865. The van der Waals surface area contributed by atoms with E-state index < -0.39 is 11.9 Å². The molecule has 1 atom stereocenters. The van der Waals surface area contributed by atoms with Gasteiger partial charge in [-0.15, -0.1) is 0 Å². The molecule has 1 N–H and O–H groups in total. The van der Waals surface area contributed by atoms with Crippen molar-refractivity contribution in [3.63, 3.8) is 0 Å². The maximum atomic E-state index is 12.3. The molecule has 24 heavy (non-hydrogen) atoms. The molecule has 1 aliphatic heterocycles. The molecule has 1 heterocycles. The van der Waals surface area contributed by atoms with Gasteiger partial charge in [-0.05, 0) is 25.3 Å². The van der Waals surface area contributed by atoms with Crippen LogP contribution in [-0.4, -0.2) is 59.4 Å². The number of likely N-dealkylation sites (N-methyl/N-ethyl adjacent to an activating group) is 1. The van der Waals surface area contributed by atoms with E-state index in [2.05, 4.69) is 0 Å². The van der Waals surface area contributed by atoms with Gasteiger partial charge >= 0.3 is 5.97 Å². The van der Waals surface area contributed by atoms with Crippen molar-refractivity contribution in [1.82, 2.24) is 9.80 Å². The molecule has 1 fully saturated rings. The summed E-state index contributed by atoms with van der Waals surface area (Å²) in [6.07, 6.45) is 1.53. The predicted molar refractivity (Wildman–Crippen MR) is 89.5 cm³/mol. The largest absolute Gasteiger partial charge is 0.481 e. The first kappa shape index (κ1) is 18.0. The molecule has 1 aromatic rings. The quantitative estimate of drug-likeness (QED) is 0.882. The number of piperidine rings is 1. The van der Waals surface area contributed by atoms with Gasteiger partial charge in [0.05, 0.1) is 18.9 Å². The Labute approximate surface area is 142 Å². The molecule has 0 bridgehead atoms. The molecule has 6 nitrogen and oxygen atoms in total. The SMILES string of the molecule is Cc1ccc(CC(=O)N(C)CC(=O)N2CCCC(C(=O)O)C2)cc1. The van der Waals surface area contributed by atoms with Gasteiger partial charge < -0.3 is 14.9 Å². The number of nitrogens with zero attached hydrogens (tertiary/aromatic N) is 2. The molecule has 0 spiro atoms. The standard InChI is InChI=1S/C18H24N2O4/c1-13-5-7-14(8-6-13)10-16(21)19(2)12-17(22)20-9-3-4-15(11-20)18(23)24/h5-8,15H,3-4,9-12H2,1-2H3,(H,23,24). The molecule has 1 aromatic carbocycles. The molecule has 0 radical (unpaired) electrons. The number of amides is 2. The van der Waals surface area contributed by atoms with Gasteiger partial charge in [0.2, 0.25) is 11.8 Å². The van der Waals surface area contributed by atoms with E-state index in [9.17, 15) is 14.4 Å². The Bertz CT molecular complexity index is 612. The summed E-state index contributed by atoms with van der Waals surface area (Å²) in [5, 5.41) is 9.09. The third-order valence-electron chi connectivity index (χ3n) is 4.40. The van der Waals surface area contributed by atoms with Crippen LogP contribution in [0.1, 0.15) is 24.0 Å². The Morgan fingerprint density at radius 3 is 2.54 bits per heavy atom. The van der Waals surface area contributed by atoms with Gasteiger partial charge in [-0.2, -0.15) is 0 Å². The number of benzene rings is 1. The molecular weight excluding hydrogens is 308 g/mol. The van der Waals surface area contributed by atoms with E-state index in [-0.39, 0.29) is 31.3 Å². The molecule has 1 unspecified atom stereocenters. The van der Waals surface area contributed by atoms with Crippen molar-refractivity contribution in [2.45, 2.75) is 26.2 Å². The molecule has 2 amide bonds. The van der Waals surface area contributed by atoms with Gasteiger partial charge in [-0.1, -0.05) is 29.8 Å². The zero-order valence-corrected chi connectivity index (χ0v) is 14.2. The van der Waals surface area contributed by atoms with Crippen LogP contribution in [0.5, 0.6) is 0 Å². The van der Waals surface area contributed by atoms with Gasteiger partial charge in [0.1, 0.15) is 0 Å². The predicted octanol–water partition coefficient (Wildman–Crippen LogP) is 1.32. The lowest BCUT2D eigenvalue weighted by Crippen LogP contribution is -2.47. The normalized spacial score (nSPS) is 17.4. The second-order valence-electron chi connectivity index (χ2n) is 6.43. The number of hydrogen-bond acceptors (Lipinski definition) is 3. The Kier molecular flexibility index (Phi) is 5.95. The molecule has 130 valence electrons. The molecule has 2 rings (SSSR count). The fourth-order valence-corrected chi connectivity index (χ4v) is 2.81. The first-order valence-electron chi connectivity index (χ1n) is 8.17. The summed E-state index contributed by atoms with van der Waals surface area (Å²) in [6.45, 7) is 2.76. The van der Waals surface area contributed by atoms with Crippen LogP contribution >= 0.6 is 0 Å². The monoisotopic (exact) mass is 332 g/mol. The lowest BCUT2D eigenvalue weighted by molar-refractivity contribution is -0.147. The molecule has 0 aromatic heterocycles. The van der Waals surface area contributed by atoms with Crippen molar-refractivity contribution in [2.75, 3.05) is 26.7 Å². The molecular formula is C18H24N2O4. The van der Waals surface area contributed by atoms with Crippen LogP contribution in [-0.2, 0) is 20.8 Å². The van der Waals surface area contributed by atoms with E-state index >= 15 is 0 Å². The number of rotatable bonds is 5. The third kappa shape index (κ3) is 4.81. The summed E-state index contributed by atoms with van der Waals surface area (Å²) in [4.78, 5) is 38.6. The summed E-state index contributed by atoms with van der Waals surface area (Å²) in [5.74, 6) is -1.69. The second-order valence-corrected chi connectivity index (χ2v) is 6.43. The Morgan fingerprint density at radius 2 is 1.92 bits per heavy atom. The van der Waals surface area contributed by atoms with Crippen molar-refractivity contribution in [3.05, 3.63) is 35.4 Å². The van der Waals surface area contributed by atoms with Gasteiger partial charge in [0, 0.05) is 20.1 Å². The zero-order valence-electron chi connectivity index (χ0n) is 14.2. The average Bonchev–Trinajstić information content (AvgIpc) is 2.56. The number of aliphatic carboxylic acids is 1. The Morgan fingerprint density at radius 1 is 1.25 bits per heavy atom. The number of likely N-dealkylation sites (tertiary alicyclic amines) is 1. The van der Waals surface area contributed by atoms with Crippen LogP contribution in [0.15, 0.2) is 24.3 Å². The van der Waals surface area contributed by atoms with Crippen LogP contribution in [0.4, 0.5) is 0 Å². The highest BCUT2D eigenvalue weighted by molar-refractivity contribution is 5.86. The van der Waals surface area contributed by atoms with Crippen LogP contribution < -0.4 is 0 Å². The highest BCUT2D eigenvalue weighted by Crippen LogP contribution is 2.17. The van der Waals surface area contributed by atoms with Crippen molar-refractivity contribution >= 4 is 17.8 Å². The van der Waals surface area contributed by atoms with E-state index in [1.807, 2.05) is 31.2 Å². The molecule has 0 aliphatic carbocycles. The number of hydrogen-bond donors (Lipinski definition) is 1. The lowest BCUT2D eigenvalue weighted by atomic mass is 9.98. The molecule has 1 aliphatic rings. The summed E-state index contributed by atoms with van der Waals surface area (Å²) in [7, 11) is 1.60. The zero-order chi connectivity index (χ0) is 17.7. The van der Waals surface area contributed by atoms with Crippen molar-refractivity contribution in [1.29, 1.82) is 0 Å². The van der Waals surface area contributed by atoms with E-state index in [0.717, 1.165) is 11.1 Å². The van der Waals surface area contributed by atoms with E-state index in [0.29, 0.717) is 19.4 Å². The van der Waals surface area contributed by atoms with E-state index in [4.69, 9.17) is 5.11 Å². The van der Waals surface area contributed by atoms with Crippen LogP contribution in [0.2, 0.25) is 0 Å². The van der Waals surface area contributed by atoms with Gasteiger partial charge in [0.15, 0.2) is 0 Å². The van der Waals surface area contributed by atoms with Crippen LogP contribution in [0.25, 0.3) is 0 Å². The fraction of sp³-hybridized carbons (Fsp3) is 0.500. The number of aryl methyl sites for hydroxylation is 1. The summed E-state index contributed by atoms with van der Waals surface area (Å²) < 4.78 is 0. The van der Waals surface area contributed by atoms with Crippen LogP contribution in [0.3, 0.4) is 0 Å². The first-order chi connectivity index (χ1) is 11.4. The number of carboxylic acid groups (broad SMARTS) is 1. The molecule has 6 heteroatoms. The Balaban J connectivity index is 1.87. The maximum absolute atomic E-state index is 12.3. The maximum Gasteiger partial charge on any atom is 0.308 e. The van der Waals surface area contributed by atoms with Crippen molar-refractivity contribution in [2.24, 2.45) is 5.92 Å². The van der Waals surface area contributed by atoms with E-state index in [1.165, 1.54) is 4.90 Å². The summed E-state index contributed by atoms with van der Waals surface area (Å²) in [5.41, 5.74) is 2.04. The minimum Gasteiger partial charge on any atom is -0.481 e. The summed E-state index contributed by atoms with van der Waals surface area (Å²) >= 11 is 0. The number of carbonyl (C=O) groups excluding carboxylic acids is 2. The molecule has 1 saturated heterocycles. The highest BCUT2D eigenvalue weighted by Gasteiger charge is 2.28. The minimum absolute atomic E-state index is 0.0168. The number of carbonyl (C=O) groups is 3. The second kappa shape index (κ2) is 7.95. The van der Waals surface area contributed by atoms with Crippen LogP contribution in [0, 0.1) is 12.8 Å². The average molecular weight is 332 g/mol. The third-order valence-corrected chi connectivity index (χ3v) is 4.40. The highest BCUT2D eigenvalue weighted by atomic mass is 16.4. The van der Waals surface area contributed by atoms with E-state index in [1.54, 1.807) is 11.9 Å². The lowest BCUT2D eigenvalue weighted by Gasteiger charge is -2.32. The van der Waals surface area contributed by atoms with Crippen molar-refractivity contribution < 1.29 is 19.5 Å². The van der Waals surface area contributed by atoms with Gasteiger partial charge in [0.25, 0.3) is 0 Å². The Hall–Kier alpha value is -2.37. The van der Waals surface area contributed by atoms with Gasteiger partial charge in [-0.3, -0.25) is 14.4 Å². The summed E-state index contributed by atoms with van der Waals surface area (Å²) in [6, 6.07) is 7.72. The fourth-order valence-electron chi connectivity index (χ4n) is 2.81. The number of carboxylic acids is 1. The first-order valence-corrected chi connectivity index (χ1v) is 8.17. The topological polar surface area (TPSA) is 77.9 Å². The molecule has 0 saturated carbocycles. The smallest absolute Gasteiger partial charge is 0.308 e.